The molecule has 0 rings (SSSR count). The third-order valence-electron chi connectivity index (χ3n) is 4.17. The average Bonchev–Trinajstić information content (AvgIpc) is 2.48. The smallest absolute Gasteiger partial charge is 1.00 e. The zero-order chi connectivity index (χ0) is 16.6. The van der Waals surface area contributed by atoms with E-state index in [9.17, 15) is 4.79 Å². The van der Waals surface area contributed by atoms with E-state index in [1.54, 1.807) is 0 Å². The summed E-state index contributed by atoms with van der Waals surface area (Å²) < 4.78 is 0. The van der Waals surface area contributed by atoms with Crippen LogP contribution in [0.2, 0.25) is 0 Å². The van der Waals surface area contributed by atoms with Gasteiger partial charge in [-0.1, -0.05) is 84.0 Å². The van der Waals surface area contributed by atoms with Crippen molar-refractivity contribution < 1.29 is 12.8 Å². The Kier molecular flexibility index (Phi) is 22.9. The van der Waals surface area contributed by atoms with Crippen molar-refractivity contribution in [1.82, 2.24) is 0 Å². The summed E-state index contributed by atoms with van der Waals surface area (Å²) in [4.78, 5) is 10.7. The molecular formula is C18H38CaO2S2. The number of carboxylic acid groups (broad SMARTS) is 1. The molecule has 0 saturated carbocycles. The Morgan fingerprint density at radius 3 is 1.65 bits per heavy atom. The van der Waals surface area contributed by atoms with Crippen molar-refractivity contribution in [2.24, 2.45) is 0 Å². The molecule has 0 heterocycles. The topological polar surface area (TPSA) is 37.3 Å². The summed E-state index contributed by atoms with van der Waals surface area (Å²) in [6.45, 7) is 2.26. The summed E-state index contributed by atoms with van der Waals surface area (Å²) in [6.07, 6.45) is 17.7. The Morgan fingerprint density at radius 2 is 1.26 bits per heavy atom. The number of hydrogen-bond donors (Lipinski definition) is 3. The maximum Gasteiger partial charge on any atom is 2.00 e. The molecule has 0 aliphatic rings. The zero-order valence-electron chi connectivity index (χ0n) is 17.0. The van der Waals surface area contributed by atoms with E-state index < -0.39 is 11.2 Å². The van der Waals surface area contributed by atoms with Gasteiger partial charge < -0.3 is 7.96 Å². The fourth-order valence-corrected chi connectivity index (χ4v) is 3.51. The van der Waals surface area contributed by atoms with Gasteiger partial charge in [-0.2, -0.15) is 25.3 Å². The molecule has 0 aromatic rings. The molecule has 0 fully saturated rings. The molecule has 0 aromatic heterocycles. The standard InChI is InChI=1S/C18H36O2S2.Ca.2H/c1-2-3-4-5-6-7-8-9-10-11-12-13-14-16(21)15-17(22)18(19)20;;;/h16-17,21-22H,2-15H2,1H3,(H,19,20);;;/q;+2;2*-1. The van der Waals surface area contributed by atoms with Crippen LogP contribution < -0.4 is 0 Å². The first-order valence-electron chi connectivity index (χ1n) is 9.16. The second-order valence-electron chi connectivity index (χ2n) is 6.42. The predicted octanol–water partition coefficient (Wildman–Crippen LogP) is 5.99. The molecule has 2 unspecified atom stereocenters. The molecule has 136 valence electrons. The molecule has 0 bridgehead atoms. The third kappa shape index (κ3) is 19.6. The minimum atomic E-state index is -0.836. The Morgan fingerprint density at radius 1 is 0.870 bits per heavy atom. The summed E-state index contributed by atoms with van der Waals surface area (Å²) in [5, 5.41) is 8.39. The molecular weight excluding hydrogens is 352 g/mol. The van der Waals surface area contributed by atoms with Crippen LogP contribution in [0.4, 0.5) is 0 Å². The first-order chi connectivity index (χ1) is 10.6. The number of unbranched alkanes of at least 4 members (excludes halogenated alkanes) is 11. The van der Waals surface area contributed by atoms with Crippen molar-refractivity contribution >= 4 is 69.0 Å². The Labute approximate surface area is 187 Å². The van der Waals surface area contributed by atoms with Gasteiger partial charge in [-0.15, -0.1) is 0 Å². The first kappa shape index (κ1) is 26.7. The van der Waals surface area contributed by atoms with E-state index in [4.69, 9.17) is 5.11 Å². The molecule has 0 radical (unpaired) electrons. The molecule has 0 amide bonds. The summed E-state index contributed by atoms with van der Waals surface area (Å²) in [5.74, 6) is -0.836. The summed E-state index contributed by atoms with van der Waals surface area (Å²) in [5.41, 5.74) is 0. The van der Waals surface area contributed by atoms with E-state index >= 15 is 0 Å². The number of carbonyl (C=O) groups is 1. The van der Waals surface area contributed by atoms with Crippen molar-refractivity contribution in [2.75, 3.05) is 0 Å². The zero-order valence-corrected chi connectivity index (χ0v) is 19.0. The molecule has 0 spiro atoms. The van der Waals surface area contributed by atoms with Gasteiger partial charge in [0.15, 0.2) is 0 Å². The maximum absolute atomic E-state index is 10.7. The van der Waals surface area contributed by atoms with Crippen molar-refractivity contribution in [3.8, 4) is 0 Å². The van der Waals surface area contributed by atoms with Crippen LogP contribution in [0.1, 0.15) is 99.7 Å². The second-order valence-corrected chi connectivity index (χ2v) is 7.77. The van der Waals surface area contributed by atoms with E-state index in [0.717, 1.165) is 12.8 Å². The van der Waals surface area contributed by atoms with Crippen LogP contribution in [-0.4, -0.2) is 59.3 Å². The van der Waals surface area contributed by atoms with E-state index in [2.05, 4.69) is 32.2 Å². The van der Waals surface area contributed by atoms with Crippen molar-refractivity contribution in [3.05, 3.63) is 0 Å². The van der Waals surface area contributed by atoms with Gasteiger partial charge in [0.1, 0.15) is 5.25 Å². The molecule has 0 aliphatic carbocycles. The number of aliphatic carboxylic acids is 1. The van der Waals surface area contributed by atoms with Gasteiger partial charge >= 0.3 is 43.7 Å². The van der Waals surface area contributed by atoms with E-state index in [1.165, 1.54) is 70.6 Å². The van der Waals surface area contributed by atoms with Crippen molar-refractivity contribution in [2.45, 2.75) is 107 Å². The number of thiol groups is 2. The van der Waals surface area contributed by atoms with E-state index in [0.29, 0.717) is 6.42 Å². The molecule has 5 heteroatoms. The summed E-state index contributed by atoms with van der Waals surface area (Å²) in [7, 11) is 0. The molecule has 2 atom stereocenters. The average molecular weight is 391 g/mol. The molecule has 0 saturated heterocycles. The van der Waals surface area contributed by atoms with E-state index in [1.807, 2.05) is 0 Å². The SMILES string of the molecule is CCCCCCCCCCCCCCC(S)CC(S)C(=O)O.[Ca+2].[H-].[H-]. The normalized spacial score (nSPS) is 13.3. The fraction of sp³-hybridized carbons (Fsp3) is 0.944. The van der Waals surface area contributed by atoms with Crippen LogP contribution in [0.5, 0.6) is 0 Å². The molecule has 0 aromatic carbocycles. The van der Waals surface area contributed by atoms with Crippen LogP contribution >= 0.6 is 25.3 Å². The van der Waals surface area contributed by atoms with Gasteiger partial charge in [-0.05, 0) is 12.8 Å². The summed E-state index contributed by atoms with van der Waals surface area (Å²) in [6, 6.07) is 0. The number of carboxylic acids is 1. The minimum Gasteiger partial charge on any atom is -1.00 e. The van der Waals surface area contributed by atoms with Gasteiger partial charge in [0.2, 0.25) is 0 Å². The Balaban J connectivity index is -0.000000735. The van der Waals surface area contributed by atoms with Crippen LogP contribution in [0.15, 0.2) is 0 Å². The van der Waals surface area contributed by atoms with Crippen LogP contribution in [0.3, 0.4) is 0 Å². The van der Waals surface area contributed by atoms with Gasteiger partial charge in [0.25, 0.3) is 0 Å². The minimum absolute atomic E-state index is 0. The van der Waals surface area contributed by atoms with Crippen molar-refractivity contribution in [3.63, 3.8) is 0 Å². The van der Waals surface area contributed by atoms with Crippen LogP contribution in [0, 0.1) is 0 Å². The number of rotatable bonds is 16. The van der Waals surface area contributed by atoms with Gasteiger partial charge in [0, 0.05) is 5.25 Å². The van der Waals surface area contributed by atoms with Crippen molar-refractivity contribution in [1.29, 1.82) is 0 Å². The first-order valence-corrected chi connectivity index (χ1v) is 10.2. The van der Waals surface area contributed by atoms with Crippen LogP contribution in [-0.2, 0) is 4.79 Å². The maximum atomic E-state index is 10.7. The Hall–Kier alpha value is 1.43. The van der Waals surface area contributed by atoms with Crippen LogP contribution in [0.25, 0.3) is 0 Å². The van der Waals surface area contributed by atoms with Gasteiger partial charge in [-0.3, -0.25) is 4.79 Å². The second kappa shape index (κ2) is 19.8. The quantitative estimate of drug-likeness (QED) is 0.172. The Bertz CT molecular complexity index is 275. The molecule has 2 nitrogen and oxygen atoms in total. The van der Waals surface area contributed by atoms with Gasteiger partial charge in [-0.25, -0.2) is 0 Å². The molecule has 1 N–H and O–H groups in total. The monoisotopic (exact) mass is 390 g/mol. The third-order valence-corrected chi connectivity index (χ3v) is 5.07. The summed E-state index contributed by atoms with van der Waals surface area (Å²) >= 11 is 8.51. The predicted molar refractivity (Wildman–Crippen MR) is 111 cm³/mol. The fourth-order valence-electron chi connectivity index (χ4n) is 2.70. The van der Waals surface area contributed by atoms with Gasteiger partial charge in [0.05, 0.1) is 0 Å². The number of hydrogen-bond acceptors (Lipinski definition) is 3. The van der Waals surface area contributed by atoms with E-state index in [-0.39, 0.29) is 45.8 Å². The molecule has 23 heavy (non-hydrogen) atoms. The largest absolute Gasteiger partial charge is 2.00 e. The molecule has 0 aliphatic heterocycles.